The van der Waals surface area contributed by atoms with Gasteiger partial charge in [-0.3, -0.25) is 9.69 Å². The summed E-state index contributed by atoms with van der Waals surface area (Å²) in [5.41, 5.74) is 2.57. The summed E-state index contributed by atoms with van der Waals surface area (Å²) in [5, 5.41) is 0. The largest absolute Gasteiger partial charge is 0.486 e. The number of hydrogen-bond donors (Lipinski definition) is 0. The normalized spacial score (nSPS) is 16.4. The highest BCUT2D eigenvalue weighted by Gasteiger charge is 2.30. The summed E-state index contributed by atoms with van der Waals surface area (Å²) in [6, 6.07) is 21.8. The Morgan fingerprint density at radius 1 is 0.909 bits per heavy atom. The quantitative estimate of drug-likeness (QED) is 0.559. The predicted octanol–water partition coefficient (Wildman–Crippen LogP) is 4.91. The summed E-state index contributed by atoms with van der Waals surface area (Å²) in [4.78, 5) is 17.7. The molecule has 5 nitrogen and oxygen atoms in total. The minimum Gasteiger partial charge on any atom is -0.486 e. The van der Waals surface area contributed by atoms with Gasteiger partial charge in [0.2, 0.25) is 0 Å². The molecular weight excluding hydrogens is 419 g/mol. The highest BCUT2D eigenvalue weighted by Crippen LogP contribution is 2.32. The van der Waals surface area contributed by atoms with E-state index in [1.807, 2.05) is 41.3 Å². The van der Waals surface area contributed by atoms with E-state index in [1.54, 1.807) is 12.1 Å². The molecule has 2 aliphatic heterocycles. The standard InChI is InChI=1S/C27H27FN2O3/c28-22-9-7-21(8-10-22)27(31)30(23-4-2-1-3-5-23)24-12-14-29(15-13-24)19-20-6-11-25-26(18-20)33-17-16-32-25/h1-11,18,24H,12-17,19H2. The minimum atomic E-state index is -0.342. The van der Waals surface area contributed by atoms with Gasteiger partial charge in [0.05, 0.1) is 0 Å². The molecule has 0 bridgehead atoms. The number of rotatable bonds is 5. The number of ether oxygens (including phenoxy) is 2. The van der Waals surface area contributed by atoms with Crippen LogP contribution in [-0.2, 0) is 6.54 Å². The van der Waals surface area contributed by atoms with Crippen molar-refractivity contribution in [3.05, 3.63) is 89.7 Å². The van der Waals surface area contributed by atoms with Gasteiger partial charge < -0.3 is 14.4 Å². The minimum absolute atomic E-state index is 0.0847. The van der Waals surface area contributed by atoms with Crippen molar-refractivity contribution in [2.24, 2.45) is 0 Å². The number of amides is 1. The van der Waals surface area contributed by atoms with E-state index in [1.165, 1.54) is 17.7 Å². The topological polar surface area (TPSA) is 42.0 Å². The van der Waals surface area contributed by atoms with E-state index in [0.29, 0.717) is 18.8 Å². The molecule has 3 aromatic rings. The van der Waals surface area contributed by atoms with E-state index in [2.05, 4.69) is 17.0 Å². The van der Waals surface area contributed by atoms with E-state index in [-0.39, 0.29) is 17.8 Å². The van der Waals surface area contributed by atoms with E-state index < -0.39 is 0 Å². The van der Waals surface area contributed by atoms with Crippen molar-refractivity contribution in [1.29, 1.82) is 0 Å². The van der Waals surface area contributed by atoms with Crippen molar-refractivity contribution < 1.29 is 18.7 Å². The summed E-state index contributed by atoms with van der Waals surface area (Å²) >= 11 is 0. The fourth-order valence-electron chi connectivity index (χ4n) is 4.59. The number of piperidine rings is 1. The molecule has 0 aliphatic carbocycles. The number of anilines is 1. The molecule has 0 N–H and O–H groups in total. The lowest BCUT2D eigenvalue weighted by Gasteiger charge is -2.38. The molecule has 0 radical (unpaired) electrons. The molecule has 1 fully saturated rings. The van der Waals surface area contributed by atoms with Crippen LogP contribution < -0.4 is 14.4 Å². The van der Waals surface area contributed by atoms with Gasteiger partial charge in [-0.25, -0.2) is 4.39 Å². The number of benzene rings is 3. The SMILES string of the molecule is O=C(c1ccc(F)cc1)N(c1ccccc1)C1CCN(Cc2ccc3c(c2)OCCO3)CC1. The first kappa shape index (κ1) is 21.5. The van der Waals surface area contributed by atoms with Crippen LogP contribution in [0.25, 0.3) is 0 Å². The molecular formula is C27H27FN2O3. The fraction of sp³-hybridized carbons (Fsp3) is 0.296. The highest BCUT2D eigenvalue weighted by atomic mass is 19.1. The van der Waals surface area contributed by atoms with Gasteiger partial charge in [0.25, 0.3) is 5.91 Å². The second-order valence-corrected chi connectivity index (χ2v) is 8.50. The number of para-hydroxylation sites is 1. The van der Waals surface area contributed by atoms with Gasteiger partial charge in [0.1, 0.15) is 19.0 Å². The van der Waals surface area contributed by atoms with Gasteiger partial charge in [-0.15, -0.1) is 0 Å². The summed E-state index contributed by atoms with van der Waals surface area (Å²) in [6.07, 6.45) is 1.73. The molecule has 5 rings (SSSR count). The Kier molecular flexibility index (Phi) is 6.26. The number of carbonyl (C=O) groups is 1. The molecule has 6 heteroatoms. The first-order chi connectivity index (χ1) is 16.2. The average molecular weight is 447 g/mol. The van der Waals surface area contributed by atoms with E-state index in [4.69, 9.17) is 9.47 Å². The lowest BCUT2D eigenvalue weighted by molar-refractivity contribution is 0.0958. The van der Waals surface area contributed by atoms with Crippen LogP contribution in [0.4, 0.5) is 10.1 Å². The monoisotopic (exact) mass is 446 g/mol. The van der Waals surface area contributed by atoms with E-state index in [0.717, 1.165) is 49.7 Å². The molecule has 0 aromatic heterocycles. The zero-order valence-electron chi connectivity index (χ0n) is 18.5. The Morgan fingerprint density at radius 2 is 1.61 bits per heavy atom. The first-order valence-electron chi connectivity index (χ1n) is 11.4. The van der Waals surface area contributed by atoms with Gasteiger partial charge in [-0.2, -0.15) is 0 Å². The van der Waals surface area contributed by atoms with Crippen molar-refractivity contribution in [1.82, 2.24) is 4.90 Å². The molecule has 2 heterocycles. The van der Waals surface area contributed by atoms with Crippen LogP contribution in [0.2, 0.25) is 0 Å². The van der Waals surface area contributed by atoms with Crippen LogP contribution >= 0.6 is 0 Å². The second kappa shape index (κ2) is 9.63. The average Bonchev–Trinajstić information content (AvgIpc) is 2.86. The van der Waals surface area contributed by atoms with Gasteiger partial charge in [0.15, 0.2) is 11.5 Å². The molecule has 33 heavy (non-hydrogen) atoms. The third-order valence-electron chi connectivity index (χ3n) is 6.28. The molecule has 170 valence electrons. The third-order valence-corrected chi connectivity index (χ3v) is 6.28. The van der Waals surface area contributed by atoms with Crippen LogP contribution in [0.1, 0.15) is 28.8 Å². The summed E-state index contributed by atoms with van der Waals surface area (Å²) in [7, 11) is 0. The van der Waals surface area contributed by atoms with Crippen molar-refractivity contribution in [3.8, 4) is 11.5 Å². The van der Waals surface area contributed by atoms with Gasteiger partial charge in [-0.1, -0.05) is 24.3 Å². The molecule has 2 aliphatic rings. The number of hydrogen-bond acceptors (Lipinski definition) is 4. The molecule has 0 spiro atoms. The van der Waals surface area contributed by atoms with Crippen molar-refractivity contribution in [2.75, 3.05) is 31.2 Å². The Hall–Kier alpha value is -3.38. The molecule has 0 saturated carbocycles. The smallest absolute Gasteiger partial charge is 0.258 e. The number of likely N-dealkylation sites (tertiary alicyclic amines) is 1. The molecule has 3 aromatic carbocycles. The van der Waals surface area contributed by atoms with Crippen LogP contribution in [-0.4, -0.2) is 43.2 Å². The zero-order chi connectivity index (χ0) is 22.6. The fourth-order valence-corrected chi connectivity index (χ4v) is 4.59. The number of halogens is 1. The van der Waals surface area contributed by atoms with Crippen molar-refractivity contribution >= 4 is 11.6 Å². The van der Waals surface area contributed by atoms with Crippen molar-refractivity contribution in [2.45, 2.75) is 25.4 Å². The summed E-state index contributed by atoms with van der Waals surface area (Å²) in [6.45, 7) is 3.78. The predicted molar refractivity (Wildman–Crippen MR) is 125 cm³/mol. The highest BCUT2D eigenvalue weighted by molar-refractivity contribution is 6.06. The van der Waals surface area contributed by atoms with Crippen LogP contribution in [0, 0.1) is 5.82 Å². The Labute approximate surface area is 193 Å². The lowest BCUT2D eigenvalue weighted by Crippen LogP contribution is -2.47. The molecule has 1 amide bonds. The summed E-state index contributed by atoms with van der Waals surface area (Å²) < 4.78 is 24.7. The Morgan fingerprint density at radius 3 is 2.33 bits per heavy atom. The molecule has 0 atom stereocenters. The number of nitrogens with zero attached hydrogens (tertiary/aromatic N) is 2. The maximum absolute atomic E-state index is 13.4. The maximum atomic E-state index is 13.4. The van der Waals surface area contributed by atoms with E-state index >= 15 is 0 Å². The second-order valence-electron chi connectivity index (χ2n) is 8.50. The maximum Gasteiger partial charge on any atom is 0.258 e. The van der Waals surface area contributed by atoms with Gasteiger partial charge >= 0.3 is 0 Å². The van der Waals surface area contributed by atoms with Crippen molar-refractivity contribution in [3.63, 3.8) is 0 Å². The van der Waals surface area contributed by atoms with Crippen LogP contribution in [0.3, 0.4) is 0 Å². The van der Waals surface area contributed by atoms with Gasteiger partial charge in [-0.05, 0) is 66.9 Å². The Balaban J connectivity index is 1.28. The first-order valence-corrected chi connectivity index (χ1v) is 11.4. The Bertz CT molecular complexity index is 1100. The third kappa shape index (κ3) is 4.86. The van der Waals surface area contributed by atoms with Gasteiger partial charge in [0, 0.05) is 36.9 Å². The lowest BCUT2D eigenvalue weighted by atomic mass is 10.00. The number of fused-ring (bicyclic) bond motifs is 1. The molecule has 1 saturated heterocycles. The summed E-state index contributed by atoms with van der Waals surface area (Å²) in [5.74, 6) is 1.19. The van der Waals surface area contributed by atoms with Crippen LogP contribution in [0.5, 0.6) is 11.5 Å². The molecule has 0 unspecified atom stereocenters. The number of carbonyl (C=O) groups excluding carboxylic acids is 1. The zero-order valence-corrected chi connectivity index (χ0v) is 18.5. The van der Waals surface area contributed by atoms with Crippen LogP contribution in [0.15, 0.2) is 72.8 Å². The van der Waals surface area contributed by atoms with E-state index in [9.17, 15) is 9.18 Å².